The van der Waals surface area contributed by atoms with E-state index >= 15 is 0 Å². The number of nitrogens with zero attached hydrogens (tertiary/aromatic N) is 3. The molecule has 156 valence electrons. The van der Waals surface area contributed by atoms with Gasteiger partial charge in [-0.25, -0.2) is 9.37 Å². The average molecular weight is 420 g/mol. The van der Waals surface area contributed by atoms with Crippen molar-refractivity contribution >= 4 is 29.3 Å². The van der Waals surface area contributed by atoms with Crippen molar-refractivity contribution in [3.05, 3.63) is 46.4 Å². The minimum Gasteiger partial charge on any atom is -0.362 e. The van der Waals surface area contributed by atoms with Crippen molar-refractivity contribution in [2.45, 2.75) is 38.6 Å². The minimum absolute atomic E-state index is 0.0387. The third kappa shape index (κ3) is 5.56. The molecule has 3 rings (SSSR count). The number of rotatable bonds is 6. The highest BCUT2D eigenvalue weighted by Crippen LogP contribution is 2.25. The molecule has 1 fully saturated rings. The Balaban J connectivity index is 1.46. The molecule has 2 N–H and O–H groups in total. The molecule has 1 aromatic carbocycles. The van der Waals surface area contributed by atoms with Gasteiger partial charge in [0.05, 0.1) is 5.02 Å². The number of hydrogen-bond donors (Lipinski definition) is 2. The van der Waals surface area contributed by atoms with Crippen molar-refractivity contribution < 1.29 is 9.18 Å². The molecular formula is C21H27ClFN5O. The molecule has 1 aliphatic carbocycles. The fourth-order valence-corrected chi connectivity index (χ4v) is 3.80. The highest BCUT2D eigenvalue weighted by Gasteiger charge is 2.23. The van der Waals surface area contributed by atoms with Crippen LogP contribution in [0.15, 0.2) is 24.4 Å². The normalized spacial score (nSPS) is 18.9. The summed E-state index contributed by atoms with van der Waals surface area (Å²) in [6.45, 7) is 2.80. The van der Waals surface area contributed by atoms with Crippen molar-refractivity contribution in [3.8, 4) is 0 Å². The number of aryl methyl sites for hydroxylation is 1. The molecule has 0 spiro atoms. The fourth-order valence-electron chi connectivity index (χ4n) is 3.62. The zero-order valence-corrected chi connectivity index (χ0v) is 17.8. The van der Waals surface area contributed by atoms with E-state index in [9.17, 15) is 9.18 Å². The lowest BCUT2D eigenvalue weighted by Gasteiger charge is -2.29. The van der Waals surface area contributed by atoms with Gasteiger partial charge in [-0.15, -0.1) is 0 Å². The summed E-state index contributed by atoms with van der Waals surface area (Å²) in [5.41, 5.74) is 1.42. The summed E-state index contributed by atoms with van der Waals surface area (Å²) in [7, 11) is 3.93. The number of anilines is 2. The van der Waals surface area contributed by atoms with Crippen LogP contribution in [0.5, 0.6) is 0 Å². The van der Waals surface area contributed by atoms with Crippen LogP contribution in [0.25, 0.3) is 0 Å². The summed E-state index contributed by atoms with van der Waals surface area (Å²) in [5.74, 6) is 1.33. The van der Waals surface area contributed by atoms with E-state index in [-0.39, 0.29) is 17.0 Å². The highest BCUT2D eigenvalue weighted by molar-refractivity contribution is 6.31. The monoisotopic (exact) mass is 419 g/mol. The van der Waals surface area contributed by atoms with E-state index in [1.54, 1.807) is 0 Å². The first-order valence-electron chi connectivity index (χ1n) is 9.84. The molecule has 6 nitrogen and oxygen atoms in total. The maximum absolute atomic E-state index is 13.3. The highest BCUT2D eigenvalue weighted by atomic mass is 35.5. The van der Waals surface area contributed by atoms with Crippen molar-refractivity contribution in [2.24, 2.45) is 5.92 Å². The van der Waals surface area contributed by atoms with Crippen LogP contribution in [0.1, 0.15) is 41.6 Å². The molecule has 29 heavy (non-hydrogen) atoms. The average Bonchev–Trinajstić information content (AvgIpc) is 2.70. The molecule has 1 heterocycles. The number of amides is 1. The van der Waals surface area contributed by atoms with Crippen LogP contribution in [-0.2, 0) is 0 Å². The van der Waals surface area contributed by atoms with Gasteiger partial charge in [-0.05, 0) is 56.7 Å². The van der Waals surface area contributed by atoms with Crippen molar-refractivity contribution in [1.82, 2.24) is 15.3 Å². The molecule has 0 radical (unpaired) electrons. The lowest BCUT2D eigenvalue weighted by Crippen LogP contribution is -2.38. The Morgan fingerprint density at radius 1 is 1.28 bits per heavy atom. The predicted octanol–water partition coefficient (Wildman–Crippen LogP) is 4.04. The topological polar surface area (TPSA) is 70.1 Å². The number of carbonyl (C=O) groups is 1. The third-order valence-corrected chi connectivity index (χ3v) is 5.57. The summed E-state index contributed by atoms with van der Waals surface area (Å²) >= 11 is 5.77. The smallest absolute Gasteiger partial charge is 0.251 e. The second-order valence-electron chi connectivity index (χ2n) is 7.80. The number of benzene rings is 1. The van der Waals surface area contributed by atoms with Gasteiger partial charge in [0.25, 0.3) is 5.91 Å². The predicted molar refractivity (Wildman–Crippen MR) is 114 cm³/mol. The Morgan fingerprint density at radius 2 is 2.00 bits per heavy atom. The van der Waals surface area contributed by atoms with E-state index in [2.05, 4.69) is 20.6 Å². The zero-order chi connectivity index (χ0) is 21.0. The quantitative estimate of drug-likeness (QED) is 0.739. The molecule has 0 unspecified atom stereocenters. The van der Waals surface area contributed by atoms with Gasteiger partial charge in [-0.2, -0.15) is 4.98 Å². The summed E-state index contributed by atoms with van der Waals surface area (Å²) in [6, 6.07) is 4.16. The maximum atomic E-state index is 13.3. The van der Waals surface area contributed by atoms with E-state index in [1.807, 2.05) is 32.1 Å². The van der Waals surface area contributed by atoms with Crippen LogP contribution in [0.3, 0.4) is 0 Å². The Kier molecular flexibility index (Phi) is 6.90. The molecule has 1 aromatic heterocycles. The van der Waals surface area contributed by atoms with E-state index in [0.29, 0.717) is 17.4 Å². The maximum Gasteiger partial charge on any atom is 0.251 e. The third-order valence-electron chi connectivity index (χ3n) is 5.28. The first-order valence-corrected chi connectivity index (χ1v) is 10.2. The SMILES string of the molecule is Cc1cnc(NC[C@H]2CC[C@@H](NC(=O)c3ccc(F)c(Cl)c3)CC2)nc1N(C)C. The molecule has 1 amide bonds. The van der Waals surface area contributed by atoms with E-state index in [0.717, 1.165) is 43.6 Å². The molecule has 8 heteroatoms. The summed E-state index contributed by atoms with van der Waals surface area (Å²) in [5, 5.41) is 6.34. The standard InChI is InChI=1S/C21H27ClFN5O/c1-13-11-24-21(27-19(13)28(2)3)25-12-14-4-7-16(8-5-14)26-20(29)15-6-9-18(23)17(22)10-15/h6,9-11,14,16H,4-5,7-8,12H2,1-3H3,(H,26,29)(H,24,25,27)/t14-,16+. The van der Waals surface area contributed by atoms with Crippen LogP contribution in [0.4, 0.5) is 16.2 Å². The Morgan fingerprint density at radius 3 is 2.66 bits per heavy atom. The molecular weight excluding hydrogens is 393 g/mol. The lowest BCUT2D eigenvalue weighted by atomic mass is 9.86. The lowest BCUT2D eigenvalue weighted by molar-refractivity contribution is 0.0922. The minimum atomic E-state index is -0.522. The summed E-state index contributed by atoms with van der Waals surface area (Å²) < 4.78 is 13.3. The van der Waals surface area contributed by atoms with Crippen LogP contribution in [0, 0.1) is 18.7 Å². The van der Waals surface area contributed by atoms with Gasteiger partial charge in [0.15, 0.2) is 0 Å². The van der Waals surface area contributed by atoms with Gasteiger partial charge < -0.3 is 15.5 Å². The molecule has 1 aliphatic rings. The van der Waals surface area contributed by atoms with Gasteiger partial charge in [0.2, 0.25) is 5.95 Å². The molecule has 0 atom stereocenters. The first-order chi connectivity index (χ1) is 13.8. The van der Waals surface area contributed by atoms with Crippen molar-refractivity contribution in [2.75, 3.05) is 30.9 Å². The van der Waals surface area contributed by atoms with E-state index in [1.165, 1.54) is 18.2 Å². The van der Waals surface area contributed by atoms with Gasteiger partial charge in [-0.1, -0.05) is 11.6 Å². The van der Waals surface area contributed by atoms with Crippen LogP contribution in [-0.4, -0.2) is 42.6 Å². The van der Waals surface area contributed by atoms with E-state index in [4.69, 9.17) is 11.6 Å². The summed E-state index contributed by atoms with van der Waals surface area (Å²) in [4.78, 5) is 23.3. The van der Waals surface area contributed by atoms with Gasteiger partial charge in [0.1, 0.15) is 11.6 Å². The largest absolute Gasteiger partial charge is 0.362 e. The summed E-state index contributed by atoms with van der Waals surface area (Å²) in [6.07, 6.45) is 5.66. The Hall–Kier alpha value is -2.41. The van der Waals surface area contributed by atoms with Crippen LogP contribution >= 0.6 is 11.6 Å². The number of carbonyl (C=O) groups excluding carboxylic acids is 1. The van der Waals surface area contributed by atoms with E-state index < -0.39 is 5.82 Å². The first kappa shape index (κ1) is 21.3. The zero-order valence-electron chi connectivity index (χ0n) is 17.0. The molecule has 0 bridgehead atoms. The van der Waals surface area contributed by atoms with Gasteiger partial charge in [0, 0.05) is 44.0 Å². The molecule has 0 saturated heterocycles. The number of nitrogens with one attached hydrogen (secondary N) is 2. The van der Waals surface area contributed by atoms with Crippen LogP contribution in [0.2, 0.25) is 5.02 Å². The fraction of sp³-hybridized carbons (Fsp3) is 0.476. The van der Waals surface area contributed by atoms with Crippen LogP contribution < -0.4 is 15.5 Å². The number of aromatic nitrogens is 2. The molecule has 2 aromatic rings. The van der Waals surface area contributed by atoms with Gasteiger partial charge >= 0.3 is 0 Å². The Labute approximate surface area is 175 Å². The molecule has 0 aliphatic heterocycles. The second-order valence-corrected chi connectivity index (χ2v) is 8.20. The number of hydrogen-bond acceptors (Lipinski definition) is 5. The second kappa shape index (κ2) is 9.39. The van der Waals surface area contributed by atoms with Crippen molar-refractivity contribution in [3.63, 3.8) is 0 Å². The molecule has 1 saturated carbocycles. The Bertz CT molecular complexity index is 868. The van der Waals surface area contributed by atoms with Crippen molar-refractivity contribution in [1.29, 1.82) is 0 Å². The van der Waals surface area contributed by atoms with Gasteiger partial charge in [-0.3, -0.25) is 4.79 Å². The number of halogens is 2.